The van der Waals surface area contributed by atoms with Gasteiger partial charge < -0.3 is 19.8 Å². The van der Waals surface area contributed by atoms with E-state index in [0.717, 1.165) is 26.2 Å². The maximum atomic E-state index is 12.6. The molecule has 7 heteroatoms. The number of likely N-dealkylation sites (N-methyl/N-ethyl adjacent to an activating group) is 1. The van der Waals surface area contributed by atoms with E-state index in [4.69, 9.17) is 0 Å². The zero-order valence-corrected chi connectivity index (χ0v) is 14.1. The summed E-state index contributed by atoms with van der Waals surface area (Å²) in [6.07, 6.45) is 3.19. The molecule has 126 valence electrons. The molecule has 1 aromatic heterocycles. The van der Waals surface area contributed by atoms with Gasteiger partial charge in [0.05, 0.1) is 18.0 Å². The van der Waals surface area contributed by atoms with Gasteiger partial charge in [-0.05, 0) is 14.0 Å². The normalized spacial score (nSPS) is 29.1. The van der Waals surface area contributed by atoms with E-state index >= 15 is 0 Å². The average Bonchev–Trinajstić information content (AvgIpc) is 2.81. The minimum Gasteiger partial charge on any atom is -0.388 e. The van der Waals surface area contributed by atoms with Crippen LogP contribution in [0.3, 0.4) is 0 Å². The van der Waals surface area contributed by atoms with Crippen molar-refractivity contribution in [2.75, 3.05) is 51.2 Å². The van der Waals surface area contributed by atoms with Crippen LogP contribution in [0.15, 0.2) is 12.4 Å². The summed E-state index contributed by atoms with van der Waals surface area (Å²) in [6, 6.07) is 0. The summed E-state index contributed by atoms with van der Waals surface area (Å²) in [5, 5.41) is 10.3. The molecule has 1 aromatic rings. The Morgan fingerprint density at radius 2 is 2.00 bits per heavy atom. The second kappa shape index (κ2) is 6.05. The minimum absolute atomic E-state index is 0.0635. The van der Waals surface area contributed by atoms with Crippen molar-refractivity contribution in [2.45, 2.75) is 19.4 Å². The molecule has 23 heavy (non-hydrogen) atoms. The van der Waals surface area contributed by atoms with E-state index in [2.05, 4.69) is 21.9 Å². The molecule has 2 aliphatic heterocycles. The standard InChI is InChI=1S/C16H25N5O2/c1-12-10-21(11-16(12,2)23)14-9-17-8-13(18-14)15(22)20-6-4-19(3)5-7-20/h8-9,12,23H,4-7,10-11H2,1-3H3/t12-,16+/m1/s1. The Morgan fingerprint density at radius 1 is 1.30 bits per heavy atom. The van der Waals surface area contributed by atoms with Gasteiger partial charge in [0.2, 0.25) is 0 Å². The van der Waals surface area contributed by atoms with Crippen molar-refractivity contribution in [3.05, 3.63) is 18.1 Å². The largest absolute Gasteiger partial charge is 0.388 e. The van der Waals surface area contributed by atoms with Crippen molar-refractivity contribution < 1.29 is 9.90 Å². The van der Waals surface area contributed by atoms with E-state index in [0.29, 0.717) is 24.6 Å². The van der Waals surface area contributed by atoms with Crippen LogP contribution in [0.2, 0.25) is 0 Å². The van der Waals surface area contributed by atoms with E-state index in [9.17, 15) is 9.90 Å². The maximum absolute atomic E-state index is 12.6. The Hall–Kier alpha value is -1.73. The molecule has 2 atom stereocenters. The lowest BCUT2D eigenvalue weighted by molar-refractivity contribution is 0.0443. The first-order valence-corrected chi connectivity index (χ1v) is 8.14. The lowest BCUT2D eigenvalue weighted by atomic mass is 9.95. The highest BCUT2D eigenvalue weighted by molar-refractivity contribution is 5.92. The zero-order chi connectivity index (χ0) is 16.6. The summed E-state index contributed by atoms with van der Waals surface area (Å²) in [7, 11) is 2.06. The van der Waals surface area contributed by atoms with Gasteiger partial charge in [-0.3, -0.25) is 9.78 Å². The van der Waals surface area contributed by atoms with Crippen LogP contribution in [0.25, 0.3) is 0 Å². The first-order valence-electron chi connectivity index (χ1n) is 8.14. The molecule has 0 radical (unpaired) electrons. The molecule has 2 saturated heterocycles. The quantitative estimate of drug-likeness (QED) is 0.832. The van der Waals surface area contributed by atoms with Gasteiger partial charge in [0.1, 0.15) is 11.5 Å². The molecule has 7 nitrogen and oxygen atoms in total. The molecule has 2 fully saturated rings. The maximum Gasteiger partial charge on any atom is 0.274 e. The van der Waals surface area contributed by atoms with Gasteiger partial charge >= 0.3 is 0 Å². The smallest absolute Gasteiger partial charge is 0.274 e. The van der Waals surface area contributed by atoms with E-state index in [1.54, 1.807) is 6.20 Å². The molecule has 3 heterocycles. The molecule has 0 aromatic carbocycles. The fourth-order valence-corrected chi connectivity index (χ4v) is 3.09. The molecule has 1 N–H and O–H groups in total. The van der Waals surface area contributed by atoms with Crippen LogP contribution < -0.4 is 4.90 Å². The first-order chi connectivity index (χ1) is 10.9. The van der Waals surface area contributed by atoms with Crippen LogP contribution in [0.4, 0.5) is 5.82 Å². The van der Waals surface area contributed by atoms with Crippen LogP contribution in [-0.4, -0.2) is 82.7 Å². The Kier molecular flexibility index (Phi) is 4.25. The van der Waals surface area contributed by atoms with Gasteiger partial charge in [-0.15, -0.1) is 0 Å². The third-order valence-corrected chi connectivity index (χ3v) is 5.02. The molecule has 0 bridgehead atoms. The minimum atomic E-state index is -0.737. The van der Waals surface area contributed by atoms with Gasteiger partial charge in [0.25, 0.3) is 5.91 Å². The van der Waals surface area contributed by atoms with E-state index in [1.807, 2.05) is 23.6 Å². The summed E-state index contributed by atoms with van der Waals surface area (Å²) in [5.41, 5.74) is -0.356. The Balaban J connectivity index is 1.74. The summed E-state index contributed by atoms with van der Waals surface area (Å²) in [4.78, 5) is 27.3. The number of β-amino-alcohol motifs (C(OH)–C–C–N with tert-alkyl or cyclic N) is 1. The predicted octanol–water partition coefficient (Wildman–Crippen LogP) is 0.0713. The summed E-state index contributed by atoms with van der Waals surface area (Å²) >= 11 is 0. The van der Waals surface area contributed by atoms with Crippen molar-refractivity contribution >= 4 is 11.7 Å². The molecule has 2 aliphatic rings. The van der Waals surface area contributed by atoms with E-state index in [1.165, 1.54) is 6.20 Å². The Bertz CT molecular complexity index is 584. The predicted molar refractivity (Wildman–Crippen MR) is 87.4 cm³/mol. The number of aromatic nitrogens is 2. The van der Waals surface area contributed by atoms with E-state index < -0.39 is 5.60 Å². The van der Waals surface area contributed by atoms with Crippen LogP contribution >= 0.6 is 0 Å². The number of piperazine rings is 1. The Labute approximate surface area is 136 Å². The number of aliphatic hydroxyl groups is 1. The molecule has 0 aliphatic carbocycles. The highest BCUT2D eigenvalue weighted by Crippen LogP contribution is 2.29. The van der Waals surface area contributed by atoms with Crippen LogP contribution in [0.1, 0.15) is 24.3 Å². The van der Waals surface area contributed by atoms with Gasteiger partial charge in [-0.1, -0.05) is 6.92 Å². The number of carbonyl (C=O) groups is 1. The topological polar surface area (TPSA) is 72.8 Å². The summed E-state index contributed by atoms with van der Waals surface area (Å²) in [6.45, 7) is 8.28. The zero-order valence-electron chi connectivity index (χ0n) is 14.1. The summed E-state index contributed by atoms with van der Waals surface area (Å²) < 4.78 is 0. The van der Waals surface area contributed by atoms with Crippen molar-refractivity contribution in [3.8, 4) is 0 Å². The van der Waals surface area contributed by atoms with Gasteiger partial charge in [0.15, 0.2) is 0 Å². The molecule has 1 amide bonds. The van der Waals surface area contributed by atoms with Crippen molar-refractivity contribution in [2.24, 2.45) is 5.92 Å². The fourth-order valence-electron chi connectivity index (χ4n) is 3.09. The van der Waals surface area contributed by atoms with Gasteiger partial charge in [0, 0.05) is 45.2 Å². The molecular formula is C16H25N5O2. The monoisotopic (exact) mass is 319 g/mol. The highest BCUT2D eigenvalue weighted by atomic mass is 16.3. The summed E-state index contributed by atoms with van der Waals surface area (Å²) in [5.74, 6) is 0.752. The second-order valence-electron chi connectivity index (χ2n) is 7.00. The highest BCUT2D eigenvalue weighted by Gasteiger charge is 2.39. The van der Waals surface area contributed by atoms with Gasteiger partial charge in [-0.2, -0.15) is 0 Å². The molecule has 0 spiro atoms. The van der Waals surface area contributed by atoms with Crippen molar-refractivity contribution in [1.82, 2.24) is 19.8 Å². The number of anilines is 1. The number of hydrogen-bond acceptors (Lipinski definition) is 6. The van der Waals surface area contributed by atoms with Crippen LogP contribution in [0, 0.1) is 5.92 Å². The fraction of sp³-hybridized carbons (Fsp3) is 0.688. The molecule has 0 unspecified atom stereocenters. The lowest BCUT2D eigenvalue weighted by Crippen LogP contribution is -2.47. The average molecular weight is 319 g/mol. The third kappa shape index (κ3) is 3.30. The SMILES string of the molecule is C[C@@H]1CN(c2cncc(C(=O)N3CCN(C)CC3)n2)C[C@]1(C)O. The first kappa shape index (κ1) is 16.1. The van der Waals surface area contributed by atoms with Gasteiger partial charge in [-0.25, -0.2) is 4.98 Å². The number of nitrogens with zero attached hydrogens (tertiary/aromatic N) is 5. The molecule has 3 rings (SSSR count). The third-order valence-electron chi connectivity index (χ3n) is 5.02. The number of hydrogen-bond donors (Lipinski definition) is 1. The lowest BCUT2D eigenvalue weighted by Gasteiger charge is -2.32. The van der Waals surface area contributed by atoms with Crippen molar-refractivity contribution in [1.29, 1.82) is 0 Å². The van der Waals surface area contributed by atoms with Crippen LogP contribution in [-0.2, 0) is 0 Å². The second-order valence-corrected chi connectivity index (χ2v) is 7.00. The number of rotatable bonds is 2. The Morgan fingerprint density at radius 3 is 2.61 bits per heavy atom. The van der Waals surface area contributed by atoms with Crippen molar-refractivity contribution in [3.63, 3.8) is 0 Å². The molecule has 0 saturated carbocycles. The van der Waals surface area contributed by atoms with E-state index in [-0.39, 0.29) is 11.8 Å². The number of carbonyl (C=O) groups excluding carboxylic acids is 1. The van der Waals surface area contributed by atoms with Crippen LogP contribution in [0.5, 0.6) is 0 Å². The molecular weight excluding hydrogens is 294 g/mol. The number of amides is 1.